The fourth-order valence-corrected chi connectivity index (χ4v) is 6.75. The summed E-state index contributed by atoms with van der Waals surface area (Å²) >= 11 is 0. The van der Waals surface area contributed by atoms with Crippen LogP contribution in [0.15, 0.2) is 72.8 Å². The SMILES string of the molecule is CC(=O)Nc1ccc(-c2[nH]c3ccc(NC(=O)[N+]4(C(=O)[C@@H](c5ccccc5)N5CCCC5)CCC[C@H]4C)cc3c2F)cc1. The van der Waals surface area contributed by atoms with Gasteiger partial charge >= 0.3 is 11.9 Å². The second-order valence-electron chi connectivity index (χ2n) is 11.7. The number of amides is 4. The van der Waals surface area contributed by atoms with E-state index in [1.165, 1.54) is 6.92 Å². The third-order valence-electron chi connectivity index (χ3n) is 8.98. The van der Waals surface area contributed by atoms with Gasteiger partial charge in [0, 0.05) is 47.6 Å². The second-order valence-corrected chi connectivity index (χ2v) is 11.7. The topological polar surface area (TPSA) is 94.3 Å². The van der Waals surface area contributed by atoms with E-state index in [1.54, 1.807) is 42.5 Å². The highest BCUT2D eigenvalue weighted by atomic mass is 19.1. The minimum atomic E-state index is -0.501. The molecule has 222 valence electrons. The molecule has 2 aliphatic heterocycles. The van der Waals surface area contributed by atoms with E-state index in [4.69, 9.17) is 0 Å². The molecule has 2 fully saturated rings. The van der Waals surface area contributed by atoms with Gasteiger partial charge in [0.15, 0.2) is 11.9 Å². The first-order valence-corrected chi connectivity index (χ1v) is 15.0. The van der Waals surface area contributed by atoms with Crippen molar-refractivity contribution in [2.75, 3.05) is 30.3 Å². The largest absolute Gasteiger partial charge is 0.428 e. The Morgan fingerprint density at radius 3 is 2.28 bits per heavy atom. The lowest BCUT2D eigenvalue weighted by atomic mass is 10.0. The molecule has 8 nitrogen and oxygen atoms in total. The van der Waals surface area contributed by atoms with E-state index >= 15 is 4.39 Å². The maximum Gasteiger partial charge on any atom is 0.428 e. The summed E-state index contributed by atoms with van der Waals surface area (Å²) in [7, 11) is 0. The highest BCUT2D eigenvalue weighted by Gasteiger charge is 2.56. The van der Waals surface area contributed by atoms with Crippen molar-refractivity contribution < 1.29 is 23.3 Å². The van der Waals surface area contributed by atoms with Gasteiger partial charge in [0.1, 0.15) is 6.04 Å². The zero-order chi connectivity index (χ0) is 30.1. The minimum absolute atomic E-state index is 0.102. The van der Waals surface area contributed by atoms with Gasteiger partial charge in [-0.3, -0.25) is 15.0 Å². The van der Waals surface area contributed by atoms with Crippen LogP contribution < -0.4 is 10.6 Å². The summed E-state index contributed by atoms with van der Waals surface area (Å²) in [6, 6.07) is 20.7. The number of imide groups is 1. The molecule has 3 N–H and O–H groups in total. The molecule has 0 aliphatic carbocycles. The molecule has 0 bridgehead atoms. The molecule has 6 rings (SSSR count). The highest BCUT2D eigenvalue weighted by Crippen LogP contribution is 2.37. The number of urea groups is 1. The van der Waals surface area contributed by atoms with Gasteiger partial charge in [-0.2, -0.15) is 4.48 Å². The molecule has 4 amide bonds. The zero-order valence-electron chi connectivity index (χ0n) is 24.5. The molecular weight excluding hydrogens is 545 g/mol. The summed E-state index contributed by atoms with van der Waals surface area (Å²) in [4.78, 5) is 45.5. The summed E-state index contributed by atoms with van der Waals surface area (Å²) in [5.41, 5.74) is 3.50. The number of carbonyl (C=O) groups is 3. The van der Waals surface area contributed by atoms with Crippen molar-refractivity contribution >= 4 is 40.1 Å². The van der Waals surface area contributed by atoms with Crippen LogP contribution in [-0.4, -0.2) is 57.9 Å². The van der Waals surface area contributed by atoms with Crippen LogP contribution in [0.25, 0.3) is 22.2 Å². The number of nitrogens with one attached hydrogen (secondary N) is 3. The molecule has 9 heteroatoms. The number of nitrogens with zero attached hydrogens (tertiary/aromatic N) is 2. The number of aromatic nitrogens is 1. The van der Waals surface area contributed by atoms with Crippen molar-refractivity contribution in [3.8, 4) is 11.3 Å². The second kappa shape index (κ2) is 11.7. The van der Waals surface area contributed by atoms with Crippen LogP contribution in [-0.2, 0) is 9.59 Å². The predicted octanol–water partition coefficient (Wildman–Crippen LogP) is 6.83. The van der Waals surface area contributed by atoms with Gasteiger partial charge in [-0.1, -0.05) is 42.5 Å². The van der Waals surface area contributed by atoms with Crippen molar-refractivity contribution in [2.45, 2.75) is 51.6 Å². The Labute approximate surface area is 250 Å². The van der Waals surface area contributed by atoms with Crippen LogP contribution in [0.5, 0.6) is 0 Å². The number of quaternary nitrogens is 1. The van der Waals surface area contributed by atoms with Crippen molar-refractivity contribution in [3.05, 3.63) is 84.2 Å². The van der Waals surface area contributed by atoms with Crippen molar-refractivity contribution in [2.24, 2.45) is 0 Å². The average Bonchev–Trinajstić information content (AvgIpc) is 3.74. The number of anilines is 2. The summed E-state index contributed by atoms with van der Waals surface area (Å²) < 4.78 is 15.4. The lowest BCUT2D eigenvalue weighted by Crippen LogP contribution is -2.63. The number of hydrogen-bond acceptors (Lipinski definition) is 4. The van der Waals surface area contributed by atoms with Gasteiger partial charge in [-0.15, -0.1) is 0 Å². The van der Waals surface area contributed by atoms with E-state index in [2.05, 4.69) is 20.5 Å². The molecule has 43 heavy (non-hydrogen) atoms. The molecule has 0 spiro atoms. The quantitative estimate of drug-likeness (QED) is 0.217. The number of fused-ring (bicyclic) bond motifs is 1. The maximum absolute atomic E-state index is 15.7. The van der Waals surface area contributed by atoms with Crippen LogP contribution >= 0.6 is 0 Å². The predicted molar refractivity (Wildman–Crippen MR) is 166 cm³/mol. The number of halogens is 1. The molecule has 0 saturated carbocycles. The zero-order valence-corrected chi connectivity index (χ0v) is 24.5. The molecular formula is C34H37FN5O3+. The van der Waals surface area contributed by atoms with Crippen LogP contribution in [0.3, 0.4) is 0 Å². The first-order valence-electron chi connectivity index (χ1n) is 15.0. The smallest absolute Gasteiger partial charge is 0.352 e. The minimum Gasteiger partial charge on any atom is -0.352 e. The Bertz CT molecular complexity index is 1660. The molecule has 3 heterocycles. The van der Waals surface area contributed by atoms with E-state index in [0.717, 1.165) is 44.3 Å². The van der Waals surface area contributed by atoms with Crippen molar-refractivity contribution in [1.82, 2.24) is 9.88 Å². The normalized spacial score (nSPS) is 21.1. The lowest BCUT2D eigenvalue weighted by molar-refractivity contribution is -0.783. The van der Waals surface area contributed by atoms with E-state index in [1.807, 2.05) is 37.3 Å². The monoisotopic (exact) mass is 582 g/mol. The van der Waals surface area contributed by atoms with Gasteiger partial charge in [-0.05, 0) is 68.8 Å². The number of benzene rings is 3. The summed E-state index contributed by atoms with van der Waals surface area (Å²) in [5, 5.41) is 6.05. The summed E-state index contributed by atoms with van der Waals surface area (Å²) in [5.74, 6) is -0.722. The van der Waals surface area contributed by atoms with Gasteiger partial charge in [0.25, 0.3) is 0 Å². The number of carbonyl (C=O) groups excluding carboxylic acids is 3. The lowest BCUT2D eigenvalue weighted by Gasteiger charge is -2.38. The van der Waals surface area contributed by atoms with Gasteiger partial charge in [-0.25, -0.2) is 14.0 Å². The van der Waals surface area contributed by atoms with Gasteiger partial charge < -0.3 is 10.3 Å². The van der Waals surface area contributed by atoms with Gasteiger partial charge in [0.2, 0.25) is 5.91 Å². The number of H-pyrrole nitrogens is 1. The highest BCUT2D eigenvalue weighted by molar-refractivity contribution is 5.97. The average molecular weight is 583 g/mol. The van der Waals surface area contributed by atoms with Crippen LogP contribution in [0, 0.1) is 5.82 Å². The molecule has 1 unspecified atom stereocenters. The fourth-order valence-electron chi connectivity index (χ4n) is 6.75. The Hall–Kier alpha value is -4.34. The third kappa shape index (κ3) is 5.34. The Balaban J connectivity index is 1.30. The maximum atomic E-state index is 15.7. The number of likely N-dealkylation sites (tertiary alicyclic amines) is 2. The summed E-state index contributed by atoms with van der Waals surface area (Å²) in [6.45, 7) is 5.49. The standard InChI is InChI=1S/C34H36FN5O3/c1-22-9-8-20-40(22,33(42)32(39-18-6-7-19-39)25-10-4-3-5-11-25)34(43)37-27-16-17-29-28(21-27)30(35)31(38-29)24-12-14-26(15-13-24)36-23(2)41/h3-5,10-17,21-22,32,38H,6-9,18-20H2,1-2H3,(H-,36,37,41,43)/p+1/t22-,32-,40?/m1/s1. The van der Waals surface area contributed by atoms with Crippen LogP contribution in [0.1, 0.15) is 51.1 Å². The van der Waals surface area contributed by atoms with Crippen molar-refractivity contribution in [1.29, 1.82) is 0 Å². The number of aromatic amines is 1. The van der Waals surface area contributed by atoms with Crippen LogP contribution in [0.2, 0.25) is 0 Å². The van der Waals surface area contributed by atoms with E-state index in [0.29, 0.717) is 40.1 Å². The Kier molecular flexibility index (Phi) is 7.85. The van der Waals surface area contributed by atoms with E-state index < -0.39 is 11.9 Å². The molecule has 4 aromatic rings. The number of hydrogen-bond donors (Lipinski definition) is 3. The molecule has 2 saturated heterocycles. The third-order valence-corrected chi connectivity index (χ3v) is 8.98. The van der Waals surface area contributed by atoms with Crippen LogP contribution in [0.4, 0.5) is 20.6 Å². The Morgan fingerprint density at radius 1 is 0.930 bits per heavy atom. The molecule has 3 atom stereocenters. The molecule has 1 aromatic heterocycles. The van der Waals surface area contributed by atoms with Gasteiger partial charge in [0.05, 0.1) is 12.2 Å². The first kappa shape index (κ1) is 28.8. The fraction of sp³-hybridized carbons (Fsp3) is 0.324. The summed E-state index contributed by atoms with van der Waals surface area (Å²) in [6.07, 6.45) is 3.61. The van der Waals surface area contributed by atoms with E-state index in [-0.39, 0.29) is 28.4 Å². The first-order chi connectivity index (χ1) is 20.8. The molecule has 3 aromatic carbocycles. The Morgan fingerprint density at radius 2 is 1.63 bits per heavy atom. The van der Waals surface area contributed by atoms with Crippen molar-refractivity contribution in [3.63, 3.8) is 0 Å². The molecule has 0 radical (unpaired) electrons. The number of rotatable bonds is 6. The molecule has 2 aliphatic rings. The van der Waals surface area contributed by atoms with E-state index in [9.17, 15) is 14.4 Å².